The number of nitrogens with zero attached hydrogens (tertiary/aromatic N) is 2. The lowest BCUT2D eigenvalue weighted by molar-refractivity contribution is 0.0954. The number of carbonyl (C=O) groups is 1. The van der Waals surface area contributed by atoms with Crippen LogP contribution in [0.4, 0.5) is 4.39 Å². The van der Waals surface area contributed by atoms with E-state index in [2.05, 4.69) is 15.5 Å². The highest BCUT2D eigenvalue weighted by atomic mass is 19.1. The Kier molecular flexibility index (Phi) is 3.76. The van der Waals surface area contributed by atoms with Gasteiger partial charge < -0.3 is 0 Å². The summed E-state index contributed by atoms with van der Waals surface area (Å²) in [6.45, 7) is 0. The van der Waals surface area contributed by atoms with E-state index in [1.807, 2.05) is 0 Å². The number of halogens is 1. The van der Waals surface area contributed by atoms with Crippen molar-refractivity contribution in [2.24, 2.45) is 5.10 Å². The molecule has 1 N–H and O–H groups in total. The van der Waals surface area contributed by atoms with E-state index < -0.39 is 11.7 Å². The molecule has 4 nitrogen and oxygen atoms in total. The molecule has 0 aliphatic heterocycles. The van der Waals surface area contributed by atoms with Crippen LogP contribution in [0, 0.1) is 5.82 Å². The lowest BCUT2D eigenvalue weighted by atomic mass is 10.2. The molecule has 1 heterocycles. The van der Waals surface area contributed by atoms with Crippen LogP contribution in [0.15, 0.2) is 53.9 Å². The van der Waals surface area contributed by atoms with Crippen LogP contribution in [0.5, 0.6) is 0 Å². The van der Waals surface area contributed by atoms with E-state index >= 15 is 0 Å². The van der Waals surface area contributed by atoms with Crippen LogP contribution >= 0.6 is 0 Å². The van der Waals surface area contributed by atoms with Gasteiger partial charge in [-0.25, -0.2) is 9.82 Å². The van der Waals surface area contributed by atoms with Crippen molar-refractivity contribution >= 4 is 12.1 Å². The highest BCUT2D eigenvalue weighted by molar-refractivity contribution is 5.94. The van der Waals surface area contributed by atoms with Gasteiger partial charge in [0, 0.05) is 18.0 Å². The first kappa shape index (κ1) is 11.9. The van der Waals surface area contributed by atoms with Gasteiger partial charge in [0.15, 0.2) is 0 Å². The first-order valence-electron chi connectivity index (χ1n) is 5.25. The molecule has 0 bridgehead atoms. The van der Waals surface area contributed by atoms with Crippen LogP contribution in [-0.2, 0) is 0 Å². The number of hydrogen-bond acceptors (Lipinski definition) is 3. The predicted octanol–water partition coefficient (Wildman–Crippen LogP) is 1.98. The van der Waals surface area contributed by atoms with Gasteiger partial charge in [-0.1, -0.05) is 6.07 Å². The Balaban J connectivity index is 1.99. The van der Waals surface area contributed by atoms with Gasteiger partial charge >= 0.3 is 0 Å². The molecule has 0 radical (unpaired) electrons. The van der Waals surface area contributed by atoms with Crippen LogP contribution < -0.4 is 5.43 Å². The van der Waals surface area contributed by atoms with Crippen LogP contribution in [0.3, 0.4) is 0 Å². The van der Waals surface area contributed by atoms with Crippen molar-refractivity contribution in [3.8, 4) is 0 Å². The largest absolute Gasteiger partial charge is 0.271 e. The third-order valence-electron chi connectivity index (χ3n) is 2.17. The van der Waals surface area contributed by atoms with Gasteiger partial charge in [0.05, 0.1) is 6.21 Å². The van der Waals surface area contributed by atoms with Crippen molar-refractivity contribution < 1.29 is 9.18 Å². The summed E-state index contributed by atoms with van der Waals surface area (Å²) < 4.78 is 12.9. The van der Waals surface area contributed by atoms with Crippen molar-refractivity contribution in [3.05, 3.63) is 65.7 Å². The zero-order chi connectivity index (χ0) is 12.8. The highest BCUT2D eigenvalue weighted by Crippen LogP contribution is 2.02. The lowest BCUT2D eigenvalue weighted by Crippen LogP contribution is -2.17. The number of hydrogen-bond donors (Lipinski definition) is 1. The topological polar surface area (TPSA) is 54.4 Å². The summed E-state index contributed by atoms with van der Waals surface area (Å²) in [6, 6.07) is 8.90. The van der Waals surface area contributed by atoms with Gasteiger partial charge in [-0.2, -0.15) is 5.10 Å². The van der Waals surface area contributed by atoms with Gasteiger partial charge in [-0.3, -0.25) is 9.78 Å². The second kappa shape index (κ2) is 5.67. The van der Waals surface area contributed by atoms with Crippen LogP contribution in [0.25, 0.3) is 0 Å². The quantitative estimate of drug-likeness (QED) is 0.662. The number of amides is 1. The molecule has 0 aliphatic rings. The van der Waals surface area contributed by atoms with Crippen LogP contribution in [0.1, 0.15) is 15.9 Å². The maximum absolute atomic E-state index is 12.9. The molecule has 1 aromatic carbocycles. The van der Waals surface area contributed by atoms with Gasteiger partial charge in [0.25, 0.3) is 5.91 Å². The van der Waals surface area contributed by atoms with E-state index in [0.29, 0.717) is 0 Å². The zero-order valence-electron chi connectivity index (χ0n) is 9.38. The molecule has 0 fully saturated rings. The Bertz CT molecular complexity index is 569. The summed E-state index contributed by atoms with van der Waals surface area (Å²) in [7, 11) is 0. The minimum absolute atomic E-state index is 0.224. The van der Waals surface area contributed by atoms with Gasteiger partial charge in [-0.05, 0) is 35.9 Å². The zero-order valence-corrected chi connectivity index (χ0v) is 9.38. The molecular weight excluding hydrogens is 233 g/mol. The smallest absolute Gasteiger partial charge is 0.267 e. The number of aromatic nitrogens is 1. The Labute approximate surface area is 103 Å². The highest BCUT2D eigenvalue weighted by Gasteiger charge is 2.04. The number of benzene rings is 1. The van der Waals surface area contributed by atoms with Crippen molar-refractivity contribution in [2.75, 3.05) is 0 Å². The van der Waals surface area contributed by atoms with Crippen molar-refractivity contribution in [1.29, 1.82) is 0 Å². The molecule has 2 aromatic rings. The Hall–Kier alpha value is -2.56. The van der Waals surface area contributed by atoms with E-state index in [-0.39, 0.29) is 5.56 Å². The van der Waals surface area contributed by atoms with Gasteiger partial charge in [-0.15, -0.1) is 0 Å². The number of nitrogens with one attached hydrogen (secondary N) is 1. The second-order valence-corrected chi connectivity index (χ2v) is 3.49. The average Bonchev–Trinajstić information content (AvgIpc) is 2.40. The fourth-order valence-electron chi connectivity index (χ4n) is 1.31. The number of hydrazone groups is 1. The van der Waals surface area contributed by atoms with Crippen molar-refractivity contribution in [3.63, 3.8) is 0 Å². The molecule has 1 aromatic heterocycles. The Morgan fingerprint density at radius 1 is 1.28 bits per heavy atom. The molecule has 18 heavy (non-hydrogen) atoms. The Morgan fingerprint density at radius 3 is 2.78 bits per heavy atom. The molecule has 0 spiro atoms. The van der Waals surface area contributed by atoms with Gasteiger partial charge in [0.2, 0.25) is 0 Å². The second-order valence-electron chi connectivity index (χ2n) is 3.49. The van der Waals surface area contributed by atoms with Crippen LogP contribution in [0.2, 0.25) is 0 Å². The molecule has 0 saturated carbocycles. The van der Waals surface area contributed by atoms with Crippen LogP contribution in [-0.4, -0.2) is 17.1 Å². The summed E-state index contributed by atoms with van der Waals surface area (Å²) in [5.41, 5.74) is 3.35. The third kappa shape index (κ3) is 3.21. The molecule has 0 atom stereocenters. The van der Waals surface area contributed by atoms with E-state index in [9.17, 15) is 9.18 Å². The fraction of sp³-hybridized carbons (Fsp3) is 0. The normalized spacial score (nSPS) is 10.5. The van der Waals surface area contributed by atoms with E-state index in [4.69, 9.17) is 0 Å². The average molecular weight is 243 g/mol. The summed E-state index contributed by atoms with van der Waals surface area (Å²) in [5.74, 6) is -0.916. The molecule has 0 aliphatic carbocycles. The predicted molar refractivity (Wildman–Crippen MR) is 65.7 cm³/mol. The summed E-state index contributed by atoms with van der Waals surface area (Å²) in [4.78, 5) is 15.4. The van der Waals surface area contributed by atoms with Crippen molar-refractivity contribution in [1.82, 2.24) is 10.4 Å². The molecule has 2 rings (SSSR count). The number of rotatable bonds is 3. The minimum atomic E-state index is -0.459. The summed E-state index contributed by atoms with van der Waals surface area (Å²) in [6.07, 6.45) is 4.73. The maximum atomic E-state index is 12.9. The number of pyridine rings is 1. The molecule has 0 saturated heterocycles. The lowest BCUT2D eigenvalue weighted by Gasteiger charge is -1.99. The molecule has 1 amide bonds. The molecule has 0 unspecified atom stereocenters. The molecule has 5 heteroatoms. The van der Waals surface area contributed by atoms with E-state index in [1.54, 1.807) is 24.5 Å². The third-order valence-corrected chi connectivity index (χ3v) is 2.17. The molecular formula is C13H10FN3O. The SMILES string of the molecule is O=C(NN=Cc1ccncc1)c1cccc(F)c1. The standard InChI is InChI=1S/C13H10FN3O/c14-12-3-1-2-11(8-12)13(18)17-16-9-10-4-6-15-7-5-10/h1-9H,(H,17,18). The van der Waals surface area contributed by atoms with Gasteiger partial charge in [0.1, 0.15) is 5.82 Å². The fourth-order valence-corrected chi connectivity index (χ4v) is 1.31. The minimum Gasteiger partial charge on any atom is -0.267 e. The maximum Gasteiger partial charge on any atom is 0.271 e. The van der Waals surface area contributed by atoms with Crippen molar-refractivity contribution in [2.45, 2.75) is 0 Å². The number of carbonyl (C=O) groups excluding carboxylic acids is 1. The first-order valence-corrected chi connectivity index (χ1v) is 5.25. The first-order chi connectivity index (χ1) is 8.75. The molecule has 90 valence electrons. The van der Waals surface area contributed by atoms with E-state index in [0.717, 1.165) is 11.6 Å². The summed E-state index contributed by atoms with van der Waals surface area (Å²) >= 11 is 0. The summed E-state index contributed by atoms with van der Waals surface area (Å²) in [5, 5.41) is 3.77. The monoisotopic (exact) mass is 243 g/mol. The Morgan fingerprint density at radius 2 is 2.06 bits per heavy atom. The van der Waals surface area contributed by atoms with E-state index in [1.165, 1.54) is 24.4 Å².